The zero-order chi connectivity index (χ0) is 7.47. The SMILES string of the molecule is O=C1N=CC2CC3CCC12O3. The number of carbonyl (C=O) groups excluding carboxylic acids is 1. The second kappa shape index (κ2) is 1.55. The first-order valence-corrected chi connectivity index (χ1v) is 4.08. The second-order valence-electron chi connectivity index (χ2n) is 3.59. The minimum Gasteiger partial charge on any atom is -0.361 e. The third-order valence-electron chi connectivity index (χ3n) is 3.06. The molecule has 1 spiro atoms. The van der Waals surface area contributed by atoms with E-state index in [1.54, 1.807) is 6.21 Å². The fourth-order valence-electron chi connectivity index (χ4n) is 2.47. The van der Waals surface area contributed by atoms with Crippen LogP contribution >= 0.6 is 0 Å². The van der Waals surface area contributed by atoms with E-state index in [2.05, 4.69) is 4.99 Å². The molecule has 2 fully saturated rings. The van der Waals surface area contributed by atoms with Gasteiger partial charge in [0.1, 0.15) is 0 Å². The number of hydrogen-bond acceptors (Lipinski definition) is 2. The number of nitrogens with zero attached hydrogens (tertiary/aromatic N) is 1. The van der Waals surface area contributed by atoms with Crippen LogP contribution < -0.4 is 0 Å². The molecule has 2 bridgehead atoms. The summed E-state index contributed by atoms with van der Waals surface area (Å²) < 4.78 is 5.62. The minimum absolute atomic E-state index is 0.0394. The summed E-state index contributed by atoms with van der Waals surface area (Å²) in [5.41, 5.74) is -0.481. The number of fused-ring (bicyclic) bond motifs is 1. The number of hydrogen-bond donors (Lipinski definition) is 0. The molecule has 3 aliphatic rings. The van der Waals surface area contributed by atoms with Crippen molar-refractivity contribution in [2.75, 3.05) is 0 Å². The van der Waals surface area contributed by atoms with Crippen LogP contribution in [0, 0.1) is 5.92 Å². The quantitative estimate of drug-likeness (QED) is 0.506. The molecule has 2 saturated heterocycles. The van der Waals surface area contributed by atoms with Gasteiger partial charge in [-0.1, -0.05) is 0 Å². The first-order chi connectivity index (χ1) is 5.31. The molecule has 3 aliphatic heterocycles. The lowest BCUT2D eigenvalue weighted by Crippen LogP contribution is -2.37. The molecule has 3 unspecified atom stereocenters. The Hall–Kier alpha value is -0.700. The van der Waals surface area contributed by atoms with E-state index in [1.165, 1.54) is 0 Å². The van der Waals surface area contributed by atoms with Crippen LogP contribution in [0.2, 0.25) is 0 Å². The van der Waals surface area contributed by atoms with Crippen molar-refractivity contribution in [1.29, 1.82) is 0 Å². The number of ether oxygens (including phenoxy) is 1. The van der Waals surface area contributed by atoms with Gasteiger partial charge >= 0.3 is 0 Å². The summed E-state index contributed by atoms with van der Waals surface area (Å²) in [6.07, 6.45) is 5.07. The zero-order valence-corrected chi connectivity index (χ0v) is 6.12. The first-order valence-electron chi connectivity index (χ1n) is 4.08. The standard InChI is InChI=1S/C8H9NO2/c10-7-8-2-1-6(11-8)3-5(8)4-9-7/h4-6H,1-3H2. The zero-order valence-electron chi connectivity index (χ0n) is 6.12. The Morgan fingerprint density at radius 1 is 1.73 bits per heavy atom. The van der Waals surface area contributed by atoms with Gasteiger partial charge < -0.3 is 4.74 Å². The number of carbonyl (C=O) groups is 1. The molecule has 0 aromatic carbocycles. The molecule has 3 rings (SSSR count). The van der Waals surface area contributed by atoms with E-state index >= 15 is 0 Å². The van der Waals surface area contributed by atoms with E-state index in [-0.39, 0.29) is 5.91 Å². The van der Waals surface area contributed by atoms with Gasteiger partial charge in [-0.05, 0) is 19.3 Å². The van der Waals surface area contributed by atoms with Gasteiger partial charge in [-0.3, -0.25) is 4.79 Å². The monoisotopic (exact) mass is 151 g/mol. The fourth-order valence-corrected chi connectivity index (χ4v) is 2.47. The van der Waals surface area contributed by atoms with Gasteiger partial charge in [0.25, 0.3) is 5.91 Å². The van der Waals surface area contributed by atoms with Gasteiger partial charge in [-0.15, -0.1) is 0 Å². The van der Waals surface area contributed by atoms with E-state index < -0.39 is 5.60 Å². The van der Waals surface area contributed by atoms with E-state index in [9.17, 15) is 4.79 Å². The van der Waals surface area contributed by atoms with Crippen molar-refractivity contribution in [2.45, 2.75) is 31.0 Å². The Morgan fingerprint density at radius 2 is 2.64 bits per heavy atom. The molecule has 11 heavy (non-hydrogen) atoms. The van der Waals surface area contributed by atoms with Crippen molar-refractivity contribution in [3.8, 4) is 0 Å². The summed E-state index contributed by atoms with van der Waals surface area (Å²) in [5, 5.41) is 0. The van der Waals surface area contributed by atoms with Crippen LogP contribution in [0.4, 0.5) is 0 Å². The third-order valence-corrected chi connectivity index (χ3v) is 3.06. The number of amides is 1. The molecule has 3 heteroatoms. The van der Waals surface area contributed by atoms with E-state index in [4.69, 9.17) is 4.74 Å². The summed E-state index contributed by atoms with van der Waals surface area (Å²) in [7, 11) is 0. The maximum atomic E-state index is 11.3. The maximum absolute atomic E-state index is 11.3. The van der Waals surface area contributed by atoms with Crippen LogP contribution in [0.3, 0.4) is 0 Å². The van der Waals surface area contributed by atoms with Crippen molar-refractivity contribution in [1.82, 2.24) is 0 Å². The maximum Gasteiger partial charge on any atom is 0.278 e. The van der Waals surface area contributed by atoms with Crippen molar-refractivity contribution >= 4 is 12.1 Å². The lowest BCUT2D eigenvalue weighted by atomic mass is 9.80. The molecule has 3 heterocycles. The average Bonchev–Trinajstić information content (AvgIpc) is 2.62. The second-order valence-corrected chi connectivity index (χ2v) is 3.59. The summed E-state index contributed by atoms with van der Waals surface area (Å²) in [6, 6.07) is 0. The first kappa shape index (κ1) is 5.89. The molecule has 0 aromatic rings. The van der Waals surface area contributed by atoms with Gasteiger partial charge in [-0.2, -0.15) is 0 Å². The molecule has 0 radical (unpaired) electrons. The van der Waals surface area contributed by atoms with Crippen molar-refractivity contribution in [3.05, 3.63) is 0 Å². The summed E-state index contributed by atoms with van der Waals surface area (Å²) >= 11 is 0. The lowest BCUT2D eigenvalue weighted by molar-refractivity contribution is -0.135. The molecule has 0 aromatic heterocycles. The minimum atomic E-state index is -0.481. The summed E-state index contributed by atoms with van der Waals surface area (Å²) in [5.74, 6) is 0.260. The smallest absolute Gasteiger partial charge is 0.278 e. The van der Waals surface area contributed by atoms with Crippen LogP contribution in [0.5, 0.6) is 0 Å². The largest absolute Gasteiger partial charge is 0.361 e. The Bertz CT molecular complexity index is 261. The van der Waals surface area contributed by atoms with Crippen LogP contribution in [-0.2, 0) is 9.53 Å². The molecule has 3 nitrogen and oxygen atoms in total. The Balaban J connectivity index is 2.10. The molecule has 1 amide bonds. The molecule has 0 aliphatic carbocycles. The highest BCUT2D eigenvalue weighted by atomic mass is 16.5. The van der Waals surface area contributed by atoms with E-state index in [0.29, 0.717) is 12.0 Å². The van der Waals surface area contributed by atoms with Crippen LogP contribution in [0.1, 0.15) is 19.3 Å². The van der Waals surface area contributed by atoms with Crippen molar-refractivity contribution < 1.29 is 9.53 Å². The molecule has 0 saturated carbocycles. The highest BCUT2D eigenvalue weighted by molar-refractivity contribution is 6.01. The summed E-state index contributed by atoms with van der Waals surface area (Å²) in [4.78, 5) is 15.1. The van der Waals surface area contributed by atoms with E-state index in [0.717, 1.165) is 19.3 Å². The van der Waals surface area contributed by atoms with Crippen molar-refractivity contribution in [2.24, 2.45) is 10.9 Å². The van der Waals surface area contributed by atoms with Gasteiger partial charge in [-0.25, -0.2) is 4.99 Å². The highest BCUT2D eigenvalue weighted by Gasteiger charge is 2.60. The molecular formula is C8H9NO2. The lowest BCUT2D eigenvalue weighted by Gasteiger charge is -2.20. The Labute approximate surface area is 64.4 Å². The molecule has 58 valence electrons. The van der Waals surface area contributed by atoms with Crippen molar-refractivity contribution in [3.63, 3.8) is 0 Å². The third kappa shape index (κ3) is 0.506. The van der Waals surface area contributed by atoms with Crippen LogP contribution in [0.25, 0.3) is 0 Å². The average molecular weight is 151 g/mol. The normalized spacial score (nSPS) is 52.2. The van der Waals surface area contributed by atoms with E-state index in [1.807, 2.05) is 0 Å². The Morgan fingerprint density at radius 3 is 3.36 bits per heavy atom. The predicted molar refractivity (Wildman–Crippen MR) is 38.4 cm³/mol. The molecular weight excluding hydrogens is 142 g/mol. The molecule has 0 N–H and O–H groups in total. The van der Waals surface area contributed by atoms with Gasteiger partial charge in [0.15, 0.2) is 5.60 Å². The topological polar surface area (TPSA) is 38.7 Å². The summed E-state index contributed by atoms with van der Waals surface area (Å²) in [6.45, 7) is 0. The van der Waals surface area contributed by atoms with Gasteiger partial charge in [0.2, 0.25) is 0 Å². The van der Waals surface area contributed by atoms with Crippen LogP contribution in [-0.4, -0.2) is 23.8 Å². The fraction of sp³-hybridized carbons (Fsp3) is 0.750. The Kier molecular flexibility index (Phi) is 0.832. The van der Waals surface area contributed by atoms with Crippen LogP contribution in [0.15, 0.2) is 4.99 Å². The number of aliphatic imine (C=N–C) groups is 1. The highest BCUT2D eigenvalue weighted by Crippen LogP contribution is 2.49. The number of rotatable bonds is 0. The predicted octanol–water partition coefficient (Wildman–Crippen LogP) is 0.535. The van der Waals surface area contributed by atoms with Gasteiger partial charge in [0.05, 0.1) is 6.10 Å². The molecule has 3 atom stereocenters. The van der Waals surface area contributed by atoms with Gasteiger partial charge in [0, 0.05) is 12.1 Å².